The van der Waals surface area contributed by atoms with Crippen LogP contribution in [0, 0.1) is 18.7 Å². The number of hydrogen-bond acceptors (Lipinski definition) is 3. The van der Waals surface area contributed by atoms with Crippen LogP contribution < -0.4 is 5.32 Å². The maximum atomic E-state index is 13.8. The predicted octanol–water partition coefficient (Wildman–Crippen LogP) is 1.33. The van der Waals surface area contributed by atoms with Gasteiger partial charge in [-0.3, -0.25) is 14.4 Å². The van der Waals surface area contributed by atoms with Gasteiger partial charge in [-0.25, -0.2) is 4.39 Å². The molecule has 0 spiro atoms. The summed E-state index contributed by atoms with van der Waals surface area (Å²) in [7, 11) is 0. The summed E-state index contributed by atoms with van der Waals surface area (Å²) in [6.45, 7) is 6.32. The van der Waals surface area contributed by atoms with Gasteiger partial charge in [0, 0.05) is 18.7 Å². The maximum Gasteiger partial charge on any atom is 0.254 e. The second-order valence-electron chi connectivity index (χ2n) is 7.13. The minimum atomic E-state index is -0.684. The average molecular weight is 361 g/mol. The lowest BCUT2D eigenvalue weighted by molar-refractivity contribution is -0.153. The van der Waals surface area contributed by atoms with Gasteiger partial charge in [0.05, 0.1) is 6.54 Å². The van der Waals surface area contributed by atoms with E-state index < -0.39 is 17.9 Å². The van der Waals surface area contributed by atoms with Crippen LogP contribution in [0.3, 0.4) is 0 Å². The molecule has 0 bridgehead atoms. The average Bonchev–Trinajstić information content (AvgIpc) is 2.65. The SMILES string of the molecule is CC[C@H](C)[C@@H]1NC(=O)[C@H]2CN(C(=O)c3ccc(C)c(F)c3)CCN2C1=O. The number of amides is 3. The highest BCUT2D eigenvalue weighted by atomic mass is 19.1. The molecule has 7 heteroatoms. The molecule has 0 unspecified atom stereocenters. The summed E-state index contributed by atoms with van der Waals surface area (Å²) in [6, 6.07) is 3.17. The molecule has 0 aliphatic carbocycles. The van der Waals surface area contributed by atoms with E-state index in [2.05, 4.69) is 5.32 Å². The Labute approximate surface area is 152 Å². The number of carbonyl (C=O) groups excluding carboxylic acids is 3. The van der Waals surface area contributed by atoms with E-state index in [1.807, 2.05) is 13.8 Å². The molecule has 26 heavy (non-hydrogen) atoms. The number of hydrogen-bond donors (Lipinski definition) is 1. The summed E-state index contributed by atoms with van der Waals surface area (Å²) in [4.78, 5) is 41.0. The van der Waals surface area contributed by atoms with Crippen molar-refractivity contribution in [2.24, 2.45) is 5.92 Å². The van der Waals surface area contributed by atoms with Gasteiger partial charge >= 0.3 is 0 Å². The molecule has 2 saturated heterocycles. The molecule has 1 aromatic carbocycles. The minimum Gasteiger partial charge on any atom is -0.342 e. The Kier molecular flexibility index (Phi) is 4.98. The topological polar surface area (TPSA) is 69.7 Å². The molecule has 1 aromatic rings. The van der Waals surface area contributed by atoms with Gasteiger partial charge in [-0.05, 0) is 30.5 Å². The minimum absolute atomic E-state index is 0.0580. The van der Waals surface area contributed by atoms with Crippen molar-refractivity contribution in [1.29, 1.82) is 0 Å². The van der Waals surface area contributed by atoms with Crippen LogP contribution in [0.5, 0.6) is 0 Å². The zero-order chi connectivity index (χ0) is 19.0. The highest BCUT2D eigenvalue weighted by Gasteiger charge is 2.45. The van der Waals surface area contributed by atoms with Crippen molar-refractivity contribution in [2.45, 2.75) is 39.3 Å². The number of piperazine rings is 2. The fourth-order valence-electron chi connectivity index (χ4n) is 3.48. The van der Waals surface area contributed by atoms with Crippen molar-refractivity contribution in [3.63, 3.8) is 0 Å². The van der Waals surface area contributed by atoms with Crippen molar-refractivity contribution in [2.75, 3.05) is 19.6 Å². The van der Waals surface area contributed by atoms with Crippen molar-refractivity contribution in [1.82, 2.24) is 15.1 Å². The number of nitrogens with zero attached hydrogens (tertiary/aromatic N) is 2. The van der Waals surface area contributed by atoms with Crippen LogP contribution in [0.15, 0.2) is 18.2 Å². The second kappa shape index (κ2) is 7.05. The molecule has 3 amide bonds. The van der Waals surface area contributed by atoms with Gasteiger partial charge in [0.15, 0.2) is 0 Å². The summed E-state index contributed by atoms with van der Waals surface area (Å²) in [5.41, 5.74) is 0.723. The molecule has 6 nitrogen and oxygen atoms in total. The fourth-order valence-corrected chi connectivity index (χ4v) is 3.48. The van der Waals surface area contributed by atoms with Crippen LogP contribution in [0.2, 0.25) is 0 Å². The first kappa shape index (κ1) is 18.4. The quantitative estimate of drug-likeness (QED) is 0.883. The summed E-state index contributed by atoms with van der Waals surface area (Å²) < 4.78 is 13.8. The molecule has 2 fully saturated rings. The Balaban J connectivity index is 1.75. The zero-order valence-corrected chi connectivity index (χ0v) is 15.3. The lowest BCUT2D eigenvalue weighted by Gasteiger charge is -2.46. The Morgan fingerprint density at radius 1 is 1.35 bits per heavy atom. The largest absolute Gasteiger partial charge is 0.342 e. The van der Waals surface area contributed by atoms with Crippen molar-refractivity contribution >= 4 is 17.7 Å². The summed E-state index contributed by atoms with van der Waals surface area (Å²) in [5.74, 6) is -1.02. The Morgan fingerprint density at radius 3 is 2.73 bits per heavy atom. The molecule has 3 atom stereocenters. The lowest BCUT2D eigenvalue weighted by atomic mass is 9.93. The van der Waals surface area contributed by atoms with Crippen LogP contribution >= 0.6 is 0 Å². The smallest absolute Gasteiger partial charge is 0.254 e. The molecule has 1 N–H and O–H groups in total. The number of carbonyl (C=O) groups is 3. The second-order valence-corrected chi connectivity index (χ2v) is 7.13. The summed E-state index contributed by atoms with van der Waals surface area (Å²) in [6.07, 6.45) is 0.790. The monoisotopic (exact) mass is 361 g/mol. The summed E-state index contributed by atoms with van der Waals surface area (Å²) in [5, 5.41) is 2.80. The molecule has 0 aromatic heterocycles. The van der Waals surface area contributed by atoms with Gasteiger partial charge in [-0.1, -0.05) is 26.3 Å². The molecule has 2 aliphatic rings. The van der Waals surface area contributed by atoms with Gasteiger partial charge in [-0.2, -0.15) is 0 Å². The van der Waals surface area contributed by atoms with Crippen molar-refractivity contribution in [3.8, 4) is 0 Å². The van der Waals surface area contributed by atoms with Gasteiger partial charge in [0.1, 0.15) is 17.9 Å². The molecule has 0 saturated carbocycles. The molecule has 2 heterocycles. The van der Waals surface area contributed by atoms with E-state index in [0.29, 0.717) is 18.7 Å². The van der Waals surface area contributed by atoms with E-state index in [4.69, 9.17) is 0 Å². The van der Waals surface area contributed by atoms with Crippen LogP contribution in [0.4, 0.5) is 4.39 Å². The first-order chi connectivity index (χ1) is 12.3. The molecule has 140 valence electrons. The Bertz CT molecular complexity index is 752. The number of rotatable bonds is 3. The fraction of sp³-hybridized carbons (Fsp3) is 0.526. The van der Waals surface area contributed by atoms with Gasteiger partial charge in [0.2, 0.25) is 11.8 Å². The van der Waals surface area contributed by atoms with Crippen LogP contribution in [-0.4, -0.2) is 59.2 Å². The third-order valence-electron chi connectivity index (χ3n) is 5.45. The van der Waals surface area contributed by atoms with E-state index in [1.165, 1.54) is 11.0 Å². The van der Waals surface area contributed by atoms with Gasteiger partial charge in [-0.15, -0.1) is 0 Å². The molecule has 0 radical (unpaired) electrons. The predicted molar refractivity (Wildman–Crippen MR) is 93.9 cm³/mol. The summed E-state index contributed by atoms with van der Waals surface area (Å²) >= 11 is 0. The normalized spacial score (nSPS) is 24.2. The first-order valence-electron chi connectivity index (χ1n) is 8.99. The molecular weight excluding hydrogens is 337 g/mol. The molecule has 2 aliphatic heterocycles. The van der Waals surface area contributed by atoms with Gasteiger partial charge < -0.3 is 15.1 Å². The van der Waals surface area contributed by atoms with E-state index in [0.717, 1.165) is 6.42 Å². The zero-order valence-electron chi connectivity index (χ0n) is 15.3. The Morgan fingerprint density at radius 2 is 2.08 bits per heavy atom. The third-order valence-corrected chi connectivity index (χ3v) is 5.45. The molecule has 3 rings (SSSR count). The van der Waals surface area contributed by atoms with Crippen LogP contribution in [0.1, 0.15) is 36.2 Å². The third kappa shape index (κ3) is 3.18. The van der Waals surface area contributed by atoms with Crippen molar-refractivity contribution in [3.05, 3.63) is 35.1 Å². The van der Waals surface area contributed by atoms with Crippen LogP contribution in [-0.2, 0) is 9.59 Å². The van der Waals surface area contributed by atoms with Crippen LogP contribution in [0.25, 0.3) is 0 Å². The highest BCUT2D eigenvalue weighted by Crippen LogP contribution is 2.22. The van der Waals surface area contributed by atoms with Gasteiger partial charge in [0.25, 0.3) is 5.91 Å². The van der Waals surface area contributed by atoms with Crippen molar-refractivity contribution < 1.29 is 18.8 Å². The highest BCUT2D eigenvalue weighted by molar-refractivity contribution is 5.99. The maximum absolute atomic E-state index is 13.8. The Hall–Kier alpha value is -2.44. The number of nitrogens with one attached hydrogen (secondary N) is 1. The standard InChI is InChI=1S/C19H24FN3O3/c1-4-11(2)16-19(26)23-8-7-22(10-15(23)17(24)21-16)18(25)13-6-5-12(3)14(20)9-13/h5-6,9,11,15-16H,4,7-8,10H2,1-3H3,(H,21,24)/t11-,15+,16-/m0/s1. The number of benzene rings is 1. The number of halogens is 1. The lowest BCUT2D eigenvalue weighted by Crippen LogP contribution is -2.70. The van der Waals surface area contributed by atoms with E-state index in [-0.39, 0.29) is 35.7 Å². The van der Waals surface area contributed by atoms with E-state index in [1.54, 1.807) is 24.0 Å². The number of aryl methyl sites for hydroxylation is 1. The first-order valence-corrected chi connectivity index (χ1v) is 8.99. The molecular formula is C19H24FN3O3. The van der Waals surface area contributed by atoms with E-state index >= 15 is 0 Å². The van der Waals surface area contributed by atoms with E-state index in [9.17, 15) is 18.8 Å². The number of fused-ring (bicyclic) bond motifs is 1.